The second-order valence-corrected chi connectivity index (χ2v) is 10.9. The van der Waals surface area contributed by atoms with Crippen molar-refractivity contribution in [2.24, 2.45) is 5.92 Å². The Labute approximate surface area is 216 Å². The van der Waals surface area contributed by atoms with Crippen molar-refractivity contribution in [2.75, 3.05) is 70.3 Å². The van der Waals surface area contributed by atoms with E-state index < -0.39 is 17.7 Å². The molecule has 0 aromatic heterocycles. The molecule has 0 bridgehead atoms. The van der Waals surface area contributed by atoms with E-state index in [1.165, 1.54) is 25.3 Å². The van der Waals surface area contributed by atoms with Crippen molar-refractivity contribution in [2.45, 2.75) is 50.7 Å². The molecule has 204 valence electrons. The molecule has 0 aliphatic carbocycles. The number of hydrogen-bond acceptors (Lipinski definition) is 5. The van der Waals surface area contributed by atoms with Crippen LogP contribution in [0.15, 0.2) is 18.2 Å². The largest absolute Gasteiger partial charge is 0.416 e. The molecule has 7 nitrogen and oxygen atoms in total. The standard InChI is InChI=1S/C27H38F3N5O2/c28-27(29,30)21-6-7-23-20(16-21)17-22(26(37)31-8-13-32-9-2-1-3-10-32)24-18-33(14-15-35(23)24)19-25(36)34-11-4-5-12-34/h6-7,16,22,24H,1-5,8-15,17-19H2,(H,31,37). The quantitative estimate of drug-likeness (QED) is 0.624. The Balaban J connectivity index is 1.31. The lowest BCUT2D eigenvalue weighted by atomic mass is 9.82. The van der Waals surface area contributed by atoms with Crippen molar-refractivity contribution in [1.29, 1.82) is 0 Å². The van der Waals surface area contributed by atoms with Gasteiger partial charge in [0.15, 0.2) is 0 Å². The van der Waals surface area contributed by atoms with Gasteiger partial charge in [0.2, 0.25) is 11.8 Å². The van der Waals surface area contributed by atoms with Gasteiger partial charge < -0.3 is 20.0 Å². The first-order valence-corrected chi connectivity index (χ1v) is 13.8. The predicted molar refractivity (Wildman–Crippen MR) is 135 cm³/mol. The van der Waals surface area contributed by atoms with Gasteiger partial charge in [0.05, 0.1) is 24.1 Å². The van der Waals surface area contributed by atoms with Crippen LogP contribution >= 0.6 is 0 Å². The fourth-order valence-electron chi connectivity index (χ4n) is 6.41. The Morgan fingerprint density at radius 2 is 1.65 bits per heavy atom. The number of benzene rings is 1. The number of rotatable bonds is 6. The average molecular weight is 522 g/mol. The number of hydrogen-bond donors (Lipinski definition) is 1. The Kier molecular flexibility index (Phi) is 7.95. The summed E-state index contributed by atoms with van der Waals surface area (Å²) in [5.74, 6) is -0.454. The molecule has 2 atom stereocenters. The zero-order valence-electron chi connectivity index (χ0n) is 21.4. The lowest BCUT2D eigenvalue weighted by Crippen LogP contribution is -2.62. The number of carbonyl (C=O) groups is 2. The minimum absolute atomic E-state index is 0.109. The Morgan fingerprint density at radius 1 is 0.919 bits per heavy atom. The van der Waals surface area contributed by atoms with Gasteiger partial charge in [-0.1, -0.05) is 6.42 Å². The number of nitrogens with zero attached hydrogens (tertiary/aromatic N) is 4. The molecule has 4 heterocycles. The van der Waals surface area contributed by atoms with Crippen LogP contribution < -0.4 is 10.2 Å². The summed E-state index contributed by atoms with van der Waals surface area (Å²) in [6.07, 6.45) is 1.53. The zero-order valence-corrected chi connectivity index (χ0v) is 21.4. The van der Waals surface area contributed by atoms with Crippen LogP contribution in [0, 0.1) is 5.92 Å². The molecule has 2 unspecified atom stereocenters. The number of likely N-dealkylation sites (tertiary alicyclic amines) is 2. The SMILES string of the molecule is O=C(NCCN1CCCCC1)C1Cc2cc(C(F)(F)F)ccc2N2CCN(CC(=O)N3CCCC3)CC12. The van der Waals surface area contributed by atoms with Gasteiger partial charge in [0, 0.05) is 51.5 Å². The van der Waals surface area contributed by atoms with Crippen LogP contribution in [0.5, 0.6) is 0 Å². The number of carbonyl (C=O) groups excluding carboxylic acids is 2. The molecule has 1 aromatic rings. The van der Waals surface area contributed by atoms with E-state index in [1.54, 1.807) is 6.07 Å². The summed E-state index contributed by atoms with van der Waals surface area (Å²) in [4.78, 5) is 34.7. The Bertz CT molecular complexity index is 975. The Hall–Kier alpha value is -2.33. The lowest BCUT2D eigenvalue weighted by Gasteiger charge is -2.49. The number of anilines is 1. The lowest BCUT2D eigenvalue weighted by molar-refractivity contribution is -0.137. The highest BCUT2D eigenvalue weighted by Crippen LogP contribution is 2.39. The van der Waals surface area contributed by atoms with Crippen molar-refractivity contribution < 1.29 is 22.8 Å². The fraction of sp³-hybridized carbons (Fsp3) is 0.704. The second-order valence-electron chi connectivity index (χ2n) is 10.9. The van der Waals surface area contributed by atoms with Crippen LogP contribution in [-0.4, -0.2) is 98.0 Å². The maximum atomic E-state index is 13.5. The van der Waals surface area contributed by atoms with E-state index in [9.17, 15) is 22.8 Å². The first-order chi connectivity index (χ1) is 17.8. The molecular weight excluding hydrogens is 483 g/mol. The van der Waals surface area contributed by atoms with E-state index in [-0.39, 0.29) is 24.3 Å². The number of piperazine rings is 1. The molecule has 4 aliphatic rings. The molecule has 37 heavy (non-hydrogen) atoms. The maximum Gasteiger partial charge on any atom is 0.416 e. The topological polar surface area (TPSA) is 59.1 Å². The number of halogens is 3. The number of amides is 2. The maximum absolute atomic E-state index is 13.5. The molecule has 2 amide bonds. The van der Waals surface area contributed by atoms with Gasteiger partial charge in [-0.25, -0.2) is 0 Å². The molecule has 10 heteroatoms. The number of fused-ring (bicyclic) bond motifs is 3. The normalized spacial score (nSPS) is 25.1. The van der Waals surface area contributed by atoms with Crippen LogP contribution in [0.25, 0.3) is 0 Å². The minimum atomic E-state index is -4.42. The third-order valence-corrected chi connectivity index (χ3v) is 8.45. The van der Waals surface area contributed by atoms with Crippen LogP contribution in [0.3, 0.4) is 0 Å². The third kappa shape index (κ3) is 6.06. The van der Waals surface area contributed by atoms with Crippen molar-refractivity contribution in [3.05, 3.63) is 29.3 Å². The molecule has 4 aliphatic heterocycles. The molecular formula is C27H38F3N5O2. The van der Waals surface area contributed by atoms with E-state index in [0.717, 1.165) is 57.3 Å². The molecule has 5 rings (SSSR count). The van der Waals surface area contributed by atoms with E-state index >= 15 is 0 Å². The van der Waals surface area contributed by atoms with Gasteiger partial charge in [-0.2, -0.15) is 13.2 Å². The predicted octanol–water partition coefficient (Wildman–Crippen LogP) is 2.59. The smallest absolute Gasteiger partial charge is 0.365 e. The van der Waals surface area contributed by atoms with Crippen LogP contribution in [0.4, 0.5) is 18.9 Å². The van der Waals surface area contributed by atoms with Crippen LogP contribution in [0.1, 0.15) is 43.2 Å². The minimum Gasteiger partial charge on any atom is -0.365 e. The van der Waals surface area contributed by atoms with Crippen LogP contribution in [0.2, 0.25) is 0 Å². The summed E-state index contributed by atoms with van der Waals surface area (Å²) >= 11 is 0. The second kappa shape index (κ2) is 11.2. The molecule has 1 N–H and O–H groups in total. The van der Waals surface area contributed by atoms with Crippen molar-refractivity contribution in [3.8, 4) is 0 Å². The molecule has 0 radical (unpaired) electrons. The molecule has 3 saturated heterocycles. The zero-order chi connectivity index (χ0) is 26.0. The Morgan fingerprint density at radius 3 is 2.38 bits per heavy atom. The highest BCUT2D eigenvalue weighted by Gasteiger charge is 2.43. The first kappa shape index (κ1) is 26.3. The van der Waals surface area contributed by atoms with Gasteiger partial charge >= 0.3 is 6.18 Å². The van der Waals surface area contributed by atoms with Crippen LogP contribution in [-0.2, 0) is 22.2 Å². The third-order valence-electron chi connectivity index (χ3n) is 8.45. The summed E-state index contributed by atoms with van der Waals surface area (Å²) in [6.45, 7) is 7.11. The molecule has 0 saturated carbocycles. The van der Waals surface area contributed by atoms with E-state index in [2.05, 4.69) is 20.0 Å². The summed E-state index contributed by atoms with van der Waals surface area (Å²) < 4.78 is 40.4. The number of piperidine rings is 1. The molecule has 3 fully saturated rings. The first-order valence-electron chi connectivity index (χ1n) is 13.8. The van der Waals surface area contributed by atoms with E-state index in [4.69, 9.17) is 0 Å². The summed E-state index contributed by atoms with van der Waals surface area (Å²) in [7, 11) is 0. The number of alkyl halides is 3. The van der Waals surface area contributed by atoms with Gasteiger partial charge in [-0.3, -0.25) is 14.5 Å². The molecule has 1 aromatic carbocycles. The van der Waals surface area contributed by atoms with Gasteiger partial charge in [0.25, 0.3) is 0 Å². The highest BCUT2D eigenvalue weighted by atomic mass is 19.4. The fourth-order valence-corrected chi connectivity index (χ4v) is 6.41. The van der Waals surface area contributed by atoms with Gasteiger partial charge in [-0.15, -0.1) is 0 Å². The molecule has 0 spiro atoms. The van der Waals surface area contributed by atoms with Crippen molar-refractivity contribution in [1.82, 2.24) is 20.0 Å². The van der Waals surface area contributed by atoms with Gasteiger partial charge in [0.1, 0.15) is 0 Å². The summed E-state index contributed by atoms with van der Waals surface area (Å²) in [5.41, 5.74) is 0.675. The van der Waals surface area contributed by atoms with Gasteiger partial charge in [-0.05, 0) is 69.0 Å². The number of nitrogens with one attached hydrogen (secondary N) is 1. The monoisotopic (exact) mass is 521 g/mol. The van der Waals surface area contributed by atoms with Crippen molar-refractivity contribution >= 4 is 17.5 Å². The summed E-state index contributed by atoms with van der Waals surface area (Å²) in [6, 6.07) is 3.72. The summed E-state index contributed by atoms with van der Waals surface area (Å²) in [5, 5.41) is 3.09. The average Bonchev–Trinajstić information content (AvgIpc) is 3.43. The van der Waals surface area contributed by atoms with E-state index in [1.807, 2.05) is 4.90 Å². The van der Waals surface area contributed by atoms with Crippen molar-refractivity contribution in [3.63, 3.8) is 0 Å². The highest BCUT2D eigenvalue weighted by molar-refractivity contribution is 5.82. The van der Waals surface area contributed by atoms with E-state index in [0.29, 0.717) is 38.3 Å².